The number of carbonyl (C=O) groups excluding carboxylic acids is 1. The van der Waals surface area contributed by atoms with Gasteiger partial charge in [0.2, 0.25) is 5.91 Å². The summed E-state index contributed by atoms with van der Waals surface area (Å²) in [4.78, 5) is 17.3. The fourth-order valence-corrected chi connectivity index (χ4v) is 3.85. The molecule has 0 aromatic rings. The van der Waals surface area contributed by atoms with Gasteiger partial charge in [0.05, 0.1) is 5.41 Å². The Kier molecular flexibility index (Phi) is 5.11. The van der Waals surface area contributed by atoms with Crippen LogP contribution in [0.15, 0.2) is 0 Å². The van der Waals surface area contributed by atoms with E-state index in [0.717, 1.165) is 31.8 Å². The molecule has 2 aliphatic heterocycles. The van der Waals surface area contributed by atoms with Crippen molar-refractivity contribution in [2.75, 3.05) is 26.2 Å². The van der Waals surface area contributed by atoms with Crippen molar-refractivity contribution in [1.29, 1.82) is 0 Å². The fourth-order valence-electron chi connectivity index (χ4n) is 3.85. The number of nitrogens with zero attached hydrogens (tertiary/aromatic N) is 2. The third-order valence-electron chi connectivity index (χ3n) is 5.64. The molecule has 0 saturated carbocycles. The van der Waals surface area contributed by atoms with Crippen LogP contribution in [0.5, 0.6) is 0 Å². The molecule has 2 saturated heterocycles. The monoisotopic (exact) mass is 280 g/mol. The second-order valence-corrected chi connectivity index (χ2v) is 6.99. The van der Waals surface area contributed by atoms with Crippen molar-refractivity contribution in [3.8, 4) is 0 Å². The van der Waals surface area contributed by atoms with Crippen molar-refractivity contribution < 1.29 is 4.79 Å². The van der Waals surface area contributed by atoms with Crippen LogP contribution >= 0.6 is 0 Å². The first-order valence-electron chi connectivity index (χ1n) is 8.59. The molecule has 2 heterocycles. The Morgan fingerprint density at radius 2 is 1.85 bits per heavy atom. The lowest BCUT2D eigenvalue weighted by Gasteiger charge is -2.55. The van der Waals surface area contributed by atoms with Gasteiger partial charge in [0.25, 0.3) is 0 Å². The number of hydrogen-bond donors (Lipinski definition) is 0. The van der Waals surface area contributed by atoms with Crippen LogP contribution in [0, 0.1) is 11.3 Å². The second kappa shape index (κ2) is 6.46. The van der Waals surface area contributed by atoms with Crippen LogP contribution in [0.4, 0.5) is 0 Å². The van der Waals surface area contributed by atoms with Gasteiger partial charge >= 0.3 is 0 Å². The number of likely N-dealkylation sites (tertiary alicyclic amines) is 2. The maximum Gasteiger partial charge on any atom is 0.232 e. The molecule has 0 aromatic heterocycles. The summed E-state index contributed by atoms with van der Waals surface area (Å²) < 4.78 is 0. The topological polar surface area (TPSA) is 23.6 Å². The maximum atomic E-state index is 12.6. The van der Waals surface area contributed by atoms with Gasteiger partial charge in [-0.15, -0.1) is 0 Å². The first-order valence-corrected chi connectivity index (χ1v) is 8.59. The molecule has 2 atom stereocenters. The van der Waals surface area contributed by atoms with Gasteiger partial charge in [-0.3, -0.25) is 4.79 Å². The third-order valence-corrected chi connectivity index (χ3v) is 5.64. The maximum absolute atomic E-state index is 12.6. The molecule has 2 aliphatic rings. The van der Waals surface area contributed by atoms with Crippen LogP contribution in [0.2, 0.25) is 0 Å². The molecule has 0 aromatic carbocycles. The van der Waals surface area contributed by atoms with Crippen LogP contribution in [-0.4, -0.2) is 47.9 Å². The molecule has 3 nitrogen and oxygen atoms in total. The van der Waals surface area contributed by atoms with E-state index in [1.54, 1.807) is 0 Å². The normalized spacial score (nSPS) is 29.1. The SMILES string of the molecule is CCC(CC)CN1CCC[C@@]2(C1)CN([C@H](C)CC)C2=O. The minimum Gasteiger partial charge on any atom is -0.338 e. The van der Waals surface area contributed by atoms with Gasteiger partial charge in [0.1, 0.15) is 0 Å². The van der Waals surface area contributed by atoms with Crippen molar-refractivity contribution >= 4 is 5.91 Å². The fraction of sp³-hybridized carbons (Fsp3) is 0.941. The number of hydrogen-bond acceptors (Lipinski definition) is 2. The zero-order valence-electron chi connectivity index (χ0n) is 13.8. The van der Waals surface area contributed by atoms with E-state index in [0.29, 0.717) is 11.9 Å². The molecule has 0 aliphatic carbocycles. The second-order valence-electron chi connectivity index (χ2n) is 6.99. The number of piperidine rings is 1. The zero-order valence-corrected chi connectivity index (χ0v) is 13.8. The third kappa shape index (κ3) is 2.88. The van der Waals surface area contributed by atoms with Crippen LogP contribution in [0.25, 0.3) is 0 Å². The Balaban J connectivity index is 1.93. The lowest BCUT2D eigenvalue weighted by molar-refractivity contribution is -0.170. The molecule has 3 heteroatoms. The van der Waals surface area contributed by atoms with E-state index in [1.165, 1.54) is 32.4 Å². The van der Waals surface area contributed by atoms with Gasteiger partial charge < -0.3 is 9.80 Å². The van der Waals surface area contributed by atoms with Gasteiger partial charge in [0, 0.05) is 25.7 Å². The first kappa shape index (κ1) is 15.8. The van der Waals surface area contributed by atoms with Crippen molar-refractivity contribution in [3.63, 3.8) is 0 Å². The van der Waals surface area contributed by atoms with E-state index in [4.69, 9.17) is 0 Å². The highest BCUT2D eigenvalue weighted by atomic mass is 16.2. The number of β-lactam (4-membered cyclic amide) rings is 1. The van der Waals surface area contributed by atoms with Crippen molar-refractivity contribution in [2.45, 2.75) is 65.8 Å². The zero-order chi connectivity index (χ0) is 14.8. The summed E-state index contributed by atoms with van der Waals surface area (Å²) in [5, 5.41) is 0. The van der Waals surface area contributed by atoms with Crippen molar-refractivity contribution in [3.05, 3.63) is 0 Å². The highest BCUT2D eigenvalue weighted by molar-refractivity contribution is 5.89. The average Bonchev–Trinajstić information content (AvgIpc) is 2.49. The van der Waals surface area contributed by atoms with E-state index < -0.39 is 0 Å². The molecular weight excluding hydrogens is 248 g/mol. The standard InChI is InChI=1S/C17H32N2O/c1-5-14(4)19-13-17(16(19)20)9-8-10-18(12-17)11-15(6-2)7-3/h14-15H,5-13H2,1-4H3/t14-,17-/m1/s1. The minimum atomic E-state index is -0.0201. The summed E-state index contributed by atoms with van der Waals surface area (Å²) in [5.74, 6) is 1.23. The number of amides is 1. The highest BCUT2D eigenvalue weighted by Gasteiger charge is 2.54. The summed E-state index contributed by atoms with van der Waals surface area (Å²) in [6.45, 7) is 13.3. The van der Waals surface area contributed by atoms with E-state index in [-0.39, 0.29) is 5.41 Å². The quantitative estimate of drug-likeness (QED) is 0.698. The van der Waals surface area contributed by atoms with Gasteiger partial charge in [-0.1, -0.05) is 33.6 Å². The van der Waals surface area contributed by atoms with Crippen molar-refractivity contribution in [2.24, 2.45) is 11.3 Å². The minimum absolute atomic E-state index is 0.0201. The Hall–Kier alpha value is -0.570. The molecule has 1 amide bonds. The van der Waals surface area contributed by atoms with E-state index >= 15 is 0 Å². The predicted octanol–water partition coefficient (Wildman–Crippen LogP) is 3.15. The molecule has 116 valence electrons. The van der Waals surface area contributed by atoms with Crippen molar-refractivity contribution in [1.82, 2.24) is 9.80 Å². The van der Waals surface area contributed by atoms with E-state index in [9.17, 15) is 4.79 Å². The summed E-state index contributed by atoms with van der Waals surface area (Å²) in [6.07, 6.45) is 5.89. The molecule has 1 spiro atoms. The molecule has 2 fully saturated rings. The summed E-state index contributed by atoms with van der Waals surface area (Å²) in [6, 6.07) is 0.419. The van der Waals surface area contributed by atoms with Gasteiger partial charge in [0.15, 0.2) is 0 Å². The first-order chi connectivity index (χ1) is 9.56. The predicted molar refractivity (Wildman–Crippen MR) is 83.6 cm³/mol. The van der Waals surface area contributed by atoms with E-state index in [1.807, 2.05) is 0 Å². The molecule has 0 bridgehead atoms. The average molecular weight is 280 g/mol. The van der Waals surface area contributed by atoms with Crippen LogP contribution < -0.4 is 0 Å². The highest BCUT2D eigenvalue weighted by Crippen LogP contribution is 2.41. The molecule has 0 radical (unpaired) electrons. The van der Waals surface area contributed by atoms with E-state index in [2.05, 4.69) is 37.5 Å². The molecular formula is C17H32N2O. The largest absolute Gasteiger partial charge is 0.338 e. The Labute approximate surface area is 124 Å². The summed E-state index contributed by atoms with van der Waals surface area (Å²) in [5.41, 5.74) is -0.0201. The lowest BCUT2D eigenvalue weighted by atomic mass is 9.71. The Bertz CT molecular complexity index is 340. The summed E-state index contributed by atoms with van der Waals surface area (Å²) in [7, 11) is 0. The molecule has 0 N–H and O–H groups in total. The van der Waals surface area contributed by atoms with Gasteiger partial charge in [-0.05, 0) is 38.6 Å². The van der Waals surface area contributed by atoms with Crippen LogP contribution in [0.1, 0.15) is 59.8 Å². The summed E-state index contributed by atoms with van der Waals surface area (Å²) >= 11 is 0. The van der Waals surface area contributed by atoms with Crippen LogP contribution in [0.3, 0.4) is 0 Å². The molecule has 0 unspecified atom stereocenters. The molecule has 2 rings (SSSR count). The number of carbonyl (C=O) groups is 1. The Morgan fingerprint density at radius 1 is 1.15 bits per heavy atom. The number of rotatable bonds is 6. The van der Waals surface area contributed by atoms with Crippen LogP contribution in [-0.2, 0) is 4.79 Å². The smallest absolute Gasteiger partial charge is 0.232 e. The van der Waals surface area contributed by atoms with Gasteiger partial charge in [-0.2, -0.15) is 0 Å². The van der Waals surface area contributed by atoms with Gasteiger partial charge in [-0.25, -0.2) is 0 Å². The Morgan fingerprint density at radius 3 is 2.40 bits per heavy atom. The molecule has 20 heavy (non-hydrogen) atoms. The lowest BCUT2D eigenvalue weighted by Crippen LogP contribution is -2.68.